The molecule has 0 spiro atoms. The van der Waals surface area contributed by atoms with E-state index in [4.69, 9.17) is 4.74 Å². The molecule has 6 nitrogen and oxygen atoms in total. The fourth-order valence-corrected chi connectivity index (χ4v) is 3.46. The van der Waals surface area contributed by atoms with E-state index in [1.165, 1.54) is 0 Å². The van der Waals surface area contributed by atoms with Gasteiger partial charge in [-0.1, -0.05) is 13.8 Å². The lowest BCUT2D eigenvalue weighted by Gasteiger charge is -2.42. The van der Waals surface area contributed by atoms with Crippen LogP contribution in [0.3, 0.4) is 0 Å². The van der Waals surface area contributed by atoms with Crippen molar-refractivity contribution in [3.8, 4) is 0 Å². The minimum absolute atomic E-state index is 0.155. The van der Waals surface area contributed by atoms with Crippen LogP contribution in [0.15, 0.2) is 0 Å². The maximum Gasteiger partial charge on any atom is 0.408 e. The summed E-state index contributed by atoms with van der Waals surface area (Å²) in [5, 5.41) is 2.99. The van der Waals surface area contributed by atoms with Gasteiger partial charge < -0.3 is 10.1 Å². The zero-order valence-electron chi connectivity index (χ0n) is 14.7. The average molecular weight is 334 g/mol. The number of hydrogen-bond acceptors (Lipinski definition) is 4. The summed E-state index contributed by atoms with van der Waals surface area (Å²) in [5.41, 5.74) is -1.22. The van der Waals surface area contributed by atoms with Gasteiger partial charge in [0.05, 0.1) is 6.26 Å². The summed E-state index contributed by atoms with van der Waals surface area (Å²) < 4.78 is 30.5. The van der Waals surface area contributed by atoms with E-state index in [1.807, 2.05) is 27.7 Å². The number of alkyl carbamates (subject to hydrolysis) is 1. The first kappa shape index (κ1) is 19.2. The van der Waals surface area contributed by atoms with Crippen molar-refractivity contribution in [1.29, 1.82) is 0 Å². The average Bonchev–Trinajstić information content (AvgIpc) is 2.43. The van der Waals surface area contributed by atoms with Crippen molar-refractivity contribution in [3.63, 3.8) is 0 Å². The van der Waals surface area contributed by atoms with Gasteiger partial charge in [-0.05, 0) is 51.9 Å². The van der Waals surface area contributed by atoms with E-state index in [2.05, 4.69) is 23.9 Å². The number of carbonyl (C=O) groups excluding carboxylic acids is 1. The molecule has 1 rings (SSSR count). The van der Waals surface area contributed by atoms with Crippen LogP contribution in [0.25, 0.3) is 0 Å². The Morgan fingerprint density at radius 1 is 1.27 bits per heavy atom. The summed E-state index contributed by atoms with van der Waals surface area (Å²) >= 11 is 0. The largest absolute Gasteiger partial charge is 0.444 e. The van der Waals surface area contributed by atoms with Gasteiger partial charge in [0.1, 0.15) is 5.60 Å². The van der Waals surface area contributed by atoms with Crippen molar-refractivity contribution in [3.05, 3.63) is 0 Å². The second-order valence-electron chi connectivity index (χ2n) is 8.04. The third kappa shape index (κ3) is 4.84. The molecule has 7 heteroatoms. The van der Waals surface area contributed by atoms with Crippen molar-refractivity contribution in [2.75, 3.05) is 12.8 Å². The zero-order valence-corrected chi connectivity index (χ0v) is 15.6. The SMILES string of the molecule is CC(C)(C)OC(=O)N[C@]1(C)CC[C@H](CNS(C)(=O)=O)C1(C)C. The first-order valence-corrected chi connectivity index (χ1v) is 9.51. The molecular weight excluding hydrogens is 304 g/mol. The quantitative estimate of drug-likeness (QED) is 0.826. The highest BCUT2D eigenvalue weighted by Gasteiger charge is 2.52. The Bertz CT molecular complexity index is 522. The van der Waals surface area contributed by atoms with Crippen LogP contribution in [0.1, 0.15) is 54.4 Å². The number of sulfonamides is 1. The topological polar surface area (TPSA) is 84.5 Å². The molecule has 2 atom stereocenters. The van der Waals surface area contributed by atoms with E-state index < -0.39 is 27.3 Å². The van der Waals surface area contributed by atoms with Crippen LogP contribution >= 0.6 is 0 Å². The first-order valence-electron chi connectivity index (χ1n) is 7.62. The molecule has 0 aromatic heterocycles. The van der Waals surface area contributed by atoms with Crippen molar-refractivity contribution in [1.82, 2.24) is 10.0 Å². The monoisotopic (exact) mass is 334 g/mol. The van der Waals surface area contributed by atoms with Crippen LogP contribution in [0, 0.1) is 11.3 Å². The number of carbonyl (C=O) groups is 1. The van der Waals surface area contributed by atoms with Gasteiger partial charge in [-0.2, -0.15) is 0 Å². The highest BCUT2D eigenvalue weighted by molar-refractivity contribution is 7.88. The molecule has 0 unspecified atom stereocenters. The van der Waals surface area contributed by atoms with Gasteiger partial charge in [0, 0.05) is 12.1 Å². The predicted octanol–water partition coefficient (Wildman–Crippen LogP) is 2.26. The summed E-state index contributed by atoms with van der Waals surface area (Å²) in [5.74, 6) is 0.155. The standard InChI is InChI=1S/C15H30N2O4S/c1-13(2,3)21-12(18)17-15(6)9-8-11(14(15,4)5)10-16-22(7,19)20/h11,16H,8-10H2,1-7H3,(H,17,18)/t11-,15-/m1/s1. The molecule has 0 aliphatic heterocycles. The molecule has 0 heterocycles. The van der Waals surface area contributed by atoms with Crippen LogP contribution in [-0.2, 0) is 14.8 Å². The molecule has 2 N–H and O–H groups in total. The fraction of sp³-hybridized carbons (Fsp3) is 0.933. The molecule has 1 saturated carbocycles. The molecule has 0 aromatic rings. The summed E-state index contributed by atoms with van der Waals surface area (Å²) in [4.78, 5) is 12.1. The van der Waals surface area contributed by atoms with Crippen LogP contribution in [0.4, 0.5) is 4.79 Å². The van der Waals surface area contributed by atoms with Crippen LogP contribution in [0.2, 0.25) is 0 Å². The summed E-state index contributed by atoms with van der Waals surface area (Å²) in [6.07, 6.45) is 2.37. The maximum atomic E-state index is 12.1. The van der Waals surface area contributed by atoms with E-state index in [0.29, 0.717) is 6.54 Å². The molecule has 22 heavy (non-hydrogen) atoms. The van der Waals surface area contributed by atoms with Crippen molar-refractivity contribution >= 4 is 16.1 Å². The van der Waals surface area contributed by atoms with E-state index in [0.717, 1.165) is 19.1 Å². The number of hydrogen-bond donors (Lipinski definition) is 2. The van der Waals surface area contributed by atoms with Gasteiger partial charge in [0.2, 0.25) is 10.0 Å². The van der Waals surface area contributed by atoms with Crippen molar-refractivity contribution < 1.29 is 17.9 Å². The zero-order chi connectivity index (χ0) is 17.4. The normalized spacial score (nSPS) is 28.4. The Balaban J connectivity index is 2.77. The Kier molecular flexibility index (Phi) is 5.24. The Morgan fingerprint density at radius 3 is 2.27 bits per heavy atom. The van der Waals surface area contributed by atoms with Crippen molar-refractivity contribution in [2.24, 2.45) is 11.3 Å². The molecule has 0 bridgehead atoms. The van der Waals surface area contributed by atoms with E-state index in [-0.39, 0.29) is 11.3 Å². The Morgan fingerprint density at radius 2 is 1.82 bits per heavy atom. The lowest BCUT2D eigenvalue weighted by Crippen LogP contribution is -2.56. The Hall–Kier alpha value is -0.820. The predicted molar refractivity (Wildman–Crippen MR) is 87.1 cm³/mol. The van der Waals surface area contributed by atoms with Gasteiger partial charge in [0.15, 0.2) is 0 Å². The van der Waals surface area contributed by atoms with E-state index in [9.17, 15) is 13.2 Å². The third-order valence-electron chi connectivity index (χ3n) is 4.80. The van der Waals surface area contributed by atoms with Gasteiger partial charge in [0.25, 0.3) is 0 Å². The molecule has 1 amide bonds. The minimum Gasteiger partial charge on any atom is -0.444 e. The lowest BCUT2D eigenvalue weighted by atomic mass is 9.71. The molecule has 0 saturated heterocycles. The van der Waals surface area contributed by atoms with Gasteiger partial charge >= 0.3 is 6.09 Å². The molecule has 0 aromatic carbocycles. The number of amides is 1. The first-order chi connectivity index (χ1) is 9.66. The summed E-state index contributed by atoms with van der Waals surface area (Å²) in [6, 6.07) is 0. The highest BCUT2D eigenvalue weighted by Crippen LogP contribution is 2.49. The second-order valence-corrected chi connectivity index (χ2v) is 9.87. The molecular formula is C15H30N2O4S. The van der Waals surface area contributed by atoms with Gasteiger partial charge in [-0.15, -0.1) is 0 Å². The second kappa shape index (κ2) is 6.00. The molecule has 130 valence electrons. The minimum atomic E-state index is -3.21. The number of nitrogens with one attached hydrogen (secondary N) is 2. The van der Waals surface area contributed by atoms with Crippen LogP contribution < -0.4 is 10.0 Å². The van der Waals surface area contributed by atoms with Crippen LogP contribution in [-0.4, -0.2) is 38.5 Å². The van der Waals surface area contributed by atoms with Gasteiger partial charge in [-0.3, -0.25) is 0 Å². The highest BCUT2D eigenvalue weighted by atomic mass is 32.2. The van der Waals surface area contributed by atoms with E-state index in [1.54, 1.807) is 0 Å². The van der Waals surface area contributed by atoms with Crippen LogP contribution in [0.5, 0.6) is 0 Å². The Labute approximate surface area is 134 Å². The fourth-order valence-electron chi connectivity index (χ4n) is 2.96. The molecule has 0 radical (unpaired) electrons. The maximum absolute atomic E-state index is 12.1. The van der Waals surface area contributed by atoms with Crippen molar-refractivity contribution in [2.45, 2.75) is 65.5 Å². The molecule has 1 aliphatic rings. The molecule has 1 fully saturated rings. The summed E-state index contributed by atoms with van der Waals surface area (Å²) in [7, 11) is -3.21. The van der Waals surface area contributed by atoms with E-state index >= 15 is 0 Å². The number of rotatable bonds is 4. The molecule has 1 aliphatic carbocycles. The van der Waals surface area contributed by atoms with Gasteiger partial charge in [-0.25, -0.2) is 17.9 Å². The smallest absolute Gasteiger partial charge is 0.408 e. The third-order valence-corrected chi connectivity index (χ3v) is 5.50. The lowest BCUT2D eigenvalue weighted by molar-refractivity contribution is 0.0352. The number of ether oxygens (including phenoxy) is 1. The summed E-state index contributed by atoms with van der Waals surface area (Å²) in [6.45, 7) is 12.0.